The fourth-order valence-electron chi connectivity index (χ4n) is 2.63. The predicted octanol–water partition coefficient (Wildman–Crippen LogP) is 1.61. The molecule has 0 saturated heterocycles. The van der Waals surface area contributed by atoms with Crippen molar-refractivity contribution in [2.24, 2.45) is 0 Å². The van der Waals surface area contributed by atoms with Crippen LogP contribution >= 0.6 is 12.4 Å². The minimum atomic E-state index is -0.0260. The molecular weight excluding hydrogens is 280 g/mol. The van der Waals surface area contributed by atoms with Gasteiger partial charge in [-0.3, -0.25) is 4.79 Å². The summed E-state index contributed by atoms with van der Waals surface area (Å²) in [6, 6.07) is 3.76. The third-order valence-corrected chi connectivity index (χ3v) is 3.59. The Morgan fingerprint density at radius 2 is 1.80 bits per heavy atom. The molecule has 0 atom stereocenters. The normalized spacial score (nSPS) is 13.5. The van der Waals surface area contributed by atoms with E-state index < -0.39 is 0 Å². The number of nitrogens with one attached hydrogen (secondary N) is 2. The molecule has 5 nitrogen and oxygen atoms in total. The monoisotopic (exact) mass is 296 g/mol. The molecule has 1 aromatic carbocycles. The van der Waals surface area contributed by atoms with Crippen LogP contribution in [0.4, 0.5) is 0 Å². The van der Waals surface area contributed by atoms with Crippen molar-refractivity contribution >= 4 is 23.3 Å². The lowest BCUT2D eigenvalue weighted by molar-refractivity contribution is 0.355. The summed E-state index contributed by atoms with van der Waals surface area (Å²) in [4.78, 5) is 15.0. The van der Waals surface area contributed by atoms with Crippen LogP contribution in [0.3, 0.4) is 0 Å². The first-order chi connectivity index (χ1) is 9.24. The molecule has 1 aromatic heterocycles. The number of ether oxygens (including phenoxy) is 2. The summed E-state index contributed by atoms with van der Waals surface area (Å²) in [7, 11) is 3.20. The van der Waals surface area contributed by atoms with Gasteiger partial charge in [0.05, 0.1) is 19.7 Å². The lowest BCUT2D eigenvalue weighted by Gasteiger charge is -2.19. The van der Waals surface area contributed by atoms with Crippen LogP contribution in [0.2, 0.25) is 0 Å². The highest BCUT2D eigenvalue weighted by molar-refractivity contribution is 5.86. The molecule has 0 unspecified atom stereocenters. The molecule has 2 aromatic rings. The van der Waals surface area contributed by atoms with Gasteiger partial charge in [-0.2, -0.15) is 0 Å². The van der Waals surface area contributed by atoms with Gasteiger partial charge in [0, 0.05) is 23.6 Å². The molecule has 6 heteroatoms. The Labute approximate surface area is 122 Å². The number of hydrogen-bond donors (Lipinski definition) is 2. The molecule has 20 heavy (non-hydrogen) atoms. The van der Waals surface area contributed by atoms with E-state index in [2.05, 4.69) is 10.3 Å². The Morgan fingerprint density at radius 3 is 2.50 bits per heavy atom. The molecule has 0 aliphatic carbocycles. The Hall–Kier alpha value is -1.72. The van der Waals surface area contributed by atoms with Crippen LogP contribution < -0.4 is 20.3 Å². The summed E-state index contributed by atoms with van der Waals surface area (Å²) in [5.41, 5.74) is 2.70. The summed E-state index contributed by atoms with van der Waals surface area (Å²) in [5, 5.41) is 4.26. The molecular formula is C14H17ClN2O3. The van der Waals surface area contributed by atoms with Gasteiger partial charge in [0.2, 0.25) is 0 Å². The van der Waals surface area contributed by atoms with Crippen LogP contribution in [0.5, 0.6) is 11.5 Å². The highest BCUT2D eigenvalue weighted by Crippen LogP contribution is 2.33. The second-order valence-corrected chi connectivity index (χ2v) is 4.59. The van der Waals surface area contributed by atoms with Gasteiger partial charge in [0.15, 0.2) is 11.5 Å². The first kappa shape index (κ1) is 14.7. The zero-order valence-corrected chi connectivity index (χ0v) is 12.2. The van der Waals surface area contributed by atoms with E-state index in [4.69, 9.17) is 9.47 Å². The Kier molecular flexibility index (Phi) is 4.20. The maximum Gasteiger partial charge on any atom is 0.253 e. The highest BCUT2D eigenvalue weighted by atomic mass is 35.5. The number of aromatic nitrogens is 1. The number of halogens is 1. The number of fused-ring (bicyclic) bond motifs is 3. The van der Waals surface area contributed by atoms with Gasteiger partial charge >= 0.3 is 0 Å². The largest absolute Gasteiger partial charge is 0.493 e. The molecule has 1 aliphatic rings. The Balaban J connectivity index is 0.00000147. The first-order valence-electron chi connectivity index (χ1n) is 6.25. The van der Waals surface area contributed by atoms with Crippen LogP contribution in [0.1, 0.15) is 11.1 Å². The standard InChI is InChI=1S/C14H16N2O3.ClH/c1-18-12-5-9-8-3-4-15-7-10(8)14(17)16-11(9)6-13(12)19-2;/h5-6,15H,3-4,7H2,1-2H3,(H,16,17);1H. The van der Waals surface area contributed by atoms with Crippen molar-refractivity contribution in [2.75, 3.05) is 20.8 Å². The van der Waals surface area contributed by atoms with Gasteiger partial charge in [0.1, 0.15) is 0 Å². The van der Waals surface area contributed by atoms with Crippen LogP contribution in [0.25, 0.3) is 10.9 Å². The van der Waals surface area contributed by atoms with Gasteiger partial charge in [-0.1, -0.05) is 0 Å². The second-order valence-electron chi connectivity index (χ2n) is 4.59. The summed E-state index contributed by atoms with van der Waals surface area (Å²) >= 11 is 0. The molecule has 2 heterocycles. The zero-order valence-electron chi connectivity index (χ0n) is 11.4. The van der Waals surface area contributed by atoms with Crippen LogP contribution in [-0.4, -0.2) is 25.7 Å². The van der Waals surface area contributed by atoms with Crippen molar-refractivity contribution in [2.45, 2.75) is 13.0 Å². The van der Waals surface area contributed by atoms with Gasteiger partial charge < -0.3 is 19.8 Å². The van der Waals surface area contributed by atoms with Gasteiger partial charge in [-0.25, -0.2) is 0 Å². The Morgan fingerprint density at radius 1 is 1.10 bits per heavy atom. The number of pyridine rings is 1. The third kappa shape index (κ3) is 2.23. The lowest BCUT2D eigenvalue weighted by Crippen LogP contribution is -2.30. The SMILES string of the molecule is COc1cc2[nH]c(=O)c3c(c2cc1OC)CCNC3.Cl. The van der Waals surface area contributed by atoms with Crippen molar-refractivity contribution in [3.63, 3.8) is 0 Å². The van der Waals surface area contributed by atoms with Gasteiger partial charge in [-0.05, 0) is 24.6 Å². The molecule has 0 fully saturated rings. The smallest absolute Gasteiger partial charge is 0.253 e. The van der Waals surface area contributed by atoms with E-state index in [-0.39, 0.29) is 18.0 Å². The number of methoxy groups -OCH3 is 2. The van der Waals surface area contributed by atoms with E-state index in [0.29, 0.717) is 18.0 Å². The van der Waals surface area contributed by atoms with E-state index in [0.717, 1.165) is 35.0 Å². The summed E-state index contributed by atoms with van der Waals surface area (Å²) in [6.45, 7) is 1.51. The predicted molar refractivity (Wildman–Crippen MR) is 80.3 cm³/mol. The van der Waals surface area contributed by atoms with E-state index in [1.807, 2.05) is 12.1 Å². The summed E-state index contributed by atoms with van der Waals surface area (Å²) < 4.78 is 10.6. The minimum Gasteiger partial charge on any atom is -0.493 e. The van der Waals surface area contributed by atoms with Gasteiger partial charge in [0.25, 0.3) is 5.56 Å². The summed E-state index contributed by atoms with van der Waals surface area (Å²) in [5.74, 6) is 1.31. The number of rotatable bonds is 2. The molecule has 0 saturated carbocycles. The molecule has 1 aliphatic heterocycles. The first-order valence-corrected chi connectivity index (χ1v) is 6.25. The second kappa shape index (κ2) is 5.73. The summed E-state index contributed by atoms with van der Waals surface area (Å²) in [6.07, 6.45) is 0.852. The van der Waals surface area contributed by atoms with Crippen molar-refractivity contribution in [3.8, 4) is 11.5 Å². The zero-order chi connectivity index (χ0) is 13.4. The average molecular weight is 297 g/mol. The highest BCUT2D eigenvalue weighted by Gasteiger charge is 2.17. The van der Waals surface area contributed by atoms with Crippen LogP contribution in [-0.2, 0) is 13.0 Å². The topological polar surface area (TPSA) is 63.4 Å². The number of aromatic amines is 1. The molecule has 0 bridgehead atoms. The van der Waals surface area contributed by atoms with E-state index >= 15 is 0 Å². The fraction of sp³-hybridized carbons (Fsp3) is 0.357. The fourth-order valence-corrected chi connectivity index (χ4v) is 2.63. The molecule has 108 valence electrons. The van der Waals surface area contributed by atoms with Crippen molar-refractivity contribution in [1.82, 2.24) is 10.3 Å². The lowest BCUT2D eigenvalue weighted by atomic mass is 9.97. The molecule has 0 amide bonds. The minimum absolute atomic E-state index is 0. The molecule has 3 rings (SSSR count). The number of benzene rings is 1. The third-order valence-electron chi connectivity index (χ3n) is 3.59. The molecule has 0 spiro atoms. The van der Waals surface area contributed by atoms with E-state index in [1.54, 1.807) is 14.2 Å². The van der Waals surface area contributed by atoms with Gasteiger partial charge in [-0.15, -0.1) is 12.4 Å². The number of H-pyrrole nitrogens is 1. The van der Waals surface area contributed by atoms with E-state index in [9.17, 15) is 4.79 Å². The van der Waals surface area contributed by atoms with Crippen molar-refractivity contribution in [1.29, 1.82) is 0 Å². The maximum atomic E-state index is 12.1. The molecule has 0 radical (unpaired) electrons. The Bertz CT molecular complexity index is 697. The maximum absolute atomic E-state index is 12.1. The average Bonchev–Trinajstić information content (AvgIpc) is 2.46. The number of hydrogen-bond acceptors (Lipinski definition) is 4. The van der Waals surface area contributed by atoms with Crippen LogP contribution in [0.15, 0.2) is 16.9 Å². The quantitative estimate of drug-likeness (QED) is 0.884. The van der Waals surface area contributed by atoms with Crippen molar-refractivity contribution in [3.05, 3.63) is 33.6 Å². The molecule has 2 N–H and O–H groups in total. The van der Waals surface area contributed by atoms with Crippen LogP contribution in [0, 0.1) is 0 Å². The van der Waals surface area contributed by atoms with Crippen molar-refractivity contribution < 1.29 is 9.47 Å². The van der Waals surface area contributed by atoms with E-state index in [1.165, 1.54) is 0 Å².